The van der Waals surface area contributed by atoms with Crippen molar-refractivity contribution in [2.45, 2.75) is 6.54 Å². The van der Waals surface area contributed by atoms with Crippen LogP contribution in [0.15, 0.2) is 23.0 Å². The highest BCUT2D eigenvalue weighted by Crippen LogP contribution is 2.03. The minimum absolute atomic E-state index is 0.269. The molecule has 96 valence electrons. The average molecular weight is 269 g/mol. The van der Waals surface area contributed by atoms with Crippen molar-refractivity contribution in [1.82, 2.24) is 15.2 Å². The molecule has 0 atom stereocenters. The molecule has 18 heavy (non-hydrogen) atoms. The van der Waals surface area contributed by atoms with E-state index in [1.54, 1.807) is 10.9 Å². The molecule has 1 aromatic heterocycles. The Bertz CT molecular complexity index is 469. The van der Waals surface area contributed by atoms with Crippen LogP contribution in [0.5, 0.6) is 0 Å². The Kier molecular flexibility index (Phi) is 5.00. The second-order valence-electron chi connectivity index (χ2n) is 3.30. The quantitative estimate of drug-likeness (QED) is 0.773. The lowest BCUT2D eigenvalue weighted by molar-refractivity contribution is -0.131. The first-order valence-electron chi connectivity index (χ1n) is 4.83. The van der Waals surface area contributed by atoms with Gasteiger partial charge in [-0.05, 0) is 0 Å². The predicted octanol–water partition coefficient (Wildman–Crippen LogP) is 0.452. The summed E-state index contributed by atoms with van der Waals surface area (Å²) < 4.78 is 0. The number of urea groups is 1. The van der Waals surface area contributed by atoms with E-state index < -0.39 is 17.9 Å². The predicted molar refractivity (Wildman–Crippen MR) is 63.9 cm³/mol. The smallest absolute Gasteiger partial charge is 0.328 e. The van der Waals surface area contributed by atoms with Gasteiger partial charge in [-0.1, -0.05) is 0 Å². The van der Waals surface area contributed by atoms with Crippen molar-refractivity contribution in [3.63, 3.8) is 0 Å². The Morgan fingerprint density at radius 3 is 2.78 bits per heavy atom. The van der Waals surface area contributed by atoms with Crippen LogP contribution in [0.1, 0.15) is 5.69 Å². The number of rotatable bonds is 4. The summed E-state index contributed by atoms with van der Waals surface area (Å²) >= 11 is 1.41. The number of hydrogen-bond acceptors (Lipinski definition) is 5. The number of aromatic nitrogens is 1. The summed E-state index contributed by atoms with van der Waals surface area (Å²) in [5, 5.41) is 12.1. The van der Waals surface area contributed by atoms with Gasteiger partial charge in [0.05, 0.1) is 17.7 Å². The molecule has 8 heteroatoms. The number of carboxylic acid groups (broad SMARTS) is 1. The van der Waals surface area contributed by atoms with E-state index in [9.17, 15) is 14.4 Å². The van der Waals surface area contributed by atoms with Gasteiger partial charge in [0.25, 0.3) is 5.91 Å². The molecule has 0 fully saturated rings. The van der Waals surface area contributed by atoms with Gasteiger partial charge in [0, 0.05) is 24.6 Å². The maximum atomic E-state index is 11.5. The van der Waals surface area contributed by atoms with Crippen LogP contribution in [-0.4, -0.2) is 39.9 Å². The second kappa shape index (κ2) is 6.50. The molecule has 0 aromatic carbocycles. The third kappa shape index (κ3) is 4.74. The third-order valence-electron chi connectivity index (χ3n) is 1.84. The molecular weight excluding hydrogens is 258 g/mol. The Labute approximate surface area is 107 Å². The lowest BCUT2D eigenvalue weighted by Gasteiger charge is -2.15. The van der Waals surface area contributed by atoms with Crippen LogP contribution in [0.25, 0.3) is 0 Å². The molecule has 0 aliphatic rings. The topological polar surface area (TPSA) is 99.6 Å². The standard InChI is InChI=1S/C10H11N3O4S/c1-13(4-7-5-18-6-11-7)10(17)12-8(14)2-3-9(15)16/h2-3,5-6H,4H2,1H3,(H,15,16)(H,12,14,17). The summed E-state index contributed by atoms with van der Waals surface area (Å²) in [7, 11) is 1.50. The van der Waals surface area contributed by atoms with Crippen molar-refractivity contribution >= 4 is 29.2 Å². The molecule has 7 nitrogen and oxygen atoms in total. The Morgan fingerprint density at radius 1 is 1.50 bits per heavy atom. The van der Waals surface area contributed by atoms with Gasteiger partial charge < -0.3 is 10.0 Å². The molecule has 0 saturated heterocycles. The van der Waals surface area contributed by atoms with Crippen molar-refractivity contribution in [3.8, 4) is 0 Å². The number of imide groups is 1. The van der Waals surface area contributed by atoms with Gasteiger partial charge in [0.2, 0.25) is 0 Å². The second-order valence-corrected chi connectivity index (χ2v) is 4.02. The summed E-state index contributed by atoms with van der Waals surface area (Å²) in [5.74, 6) is -2.04. The molecule has 0 radical (unpaired) electrons. The third-order valence-corrected chi connectivity index (χ3v) is 2.47. The zero-order valence-corrected chi connectivity index (χ0v) is 10.3. The van der Waals surface area contributed by atoms with E-state index in [1.807, 2.05) is 5.32 Å². The minimum atomic E-state index is -1.26. The van der Waals surface area contributed by atoms with Crippen molar-refractivity contribution in [3.05, 3.63) is 28.7 Å². The van der Waals surface area contributed by atoms with E-state index in [0.717, 1.165) is 6.08 Å². The number of nitrogens with zero attached hydrogens (tertiary/aromatic N) is 2. The largest absolute Gasteiger partial charge is 0.478 e. The molecule has 1 heterocycles. The number of carboxylic acids is 1. The number of carbonyl (C=O) groups excluding carboxylic acids is 2. The van der Waals surface area contributed by atoms with E-state index in [4.69, 9.17) is 5.11 Å². The number of amides is 3. The minimum Gasteiger partial charge on any atom is -0.478 e. The Hall–Kier alpha value is -2.22. The fraction of sp³-hybridized carbons (Fsp3) is 0.200. The SMILES string of the molecule is CN(Cc1cscn1)C(=O)NC(=O)C=CC(=O)O. The first-order chi connectivity index (χ1) is 8.49. The molecule has 0 saturated carbocycles. The van der Waals surface area contributed by atoms with Crippen LogP contribution >= 0.6 is 11.3 Å². The first-order valence-corrected chi connectivity index (χ1v) is 5.77. The van der Waals surface area contributed by atoms with Crippen molar-refractivity contribution < 1.29 is 19.5 Å². The lowest BCUT2D eigenvalue weighted by atomic mass is 10.4. The van der Waals surface area contributed by atoms with Crippen LogP contribution < -0.4 is 5.32 Å². The highest BCUT2D eigenvalue weighted by Gasteiger charge is 2.12. The molecule has 0 aliphatic heterocycles. The van der Waals surface area contributed by atoms with E-state index in [-0.39, 0.29) is 6.54 Å². The molecule has 0 aliphatic carbocycles. The number of aliphatic carboxylic acids is 1. The monoisotopic (exact) mass is 269 g/mol. The summed E-state index contributed by atoms with van der Waals surface area (Å²) in [6.07, 6.45) is 1.43. The van der Waals surface area contributed by atoms with Crippen molar-refractivity contribution in [2.24, 2.45) is 0 Å². The van der Waals surface area contributed by atoms with E-state index in [1.165, 1.54) is 23.3 Å². The van der Waals surface area contributed by atoms with Gasteiger partial charge in [-0.25, -0.2) is 14.6 Å². The molecule has 2 N–H and O–H groups in total. The number of thiazole rings is 1. The van der Waals surface area contributed by atoms with Gasteiger partial charge in [-0.15, -0.1) is 11.3 Å². The summed E-state index contributed by atoms with van der Waals surface area (Å²) in [5.41, 5.74) is 2.35. The van der Waals surface area contributed by atoms with Crippen molar-refractivity contribution in [2.75, 3.05) is 7.05 Å². The average Bonchev–Trinajstić information content (AvgIpc) is 2.79. The Morgan fingerprint density at radius 2 is 2.22 bits per heavy atom. The van der Waals surface area contributed by atoms with Crippen LogP contribution in [0.2, 0.25) is 0 Å². The van der Waals surface area contributed by atoms with Crippen LogP contribution in [0.3, 0.4) is 0 Å². The molecule has 1 rings (SSSR count). The lowest BCUT2D eigenvalue weighted by Crippen LogP contribution is -2.39. The molecule has 1 aromatic rings. The van der Waals surface area contributed by atoms with Gasteiger partial charge in [0.1, 0.15) is 0 Å². The summed E-state index contributed by atoms with van der Waals surface area (Å²) in [6, 6.07) is -0.622. The zero-order chi connectivity index (χ0) is 13.5. The fourth-order valence-corrected chi connectivity index (χ4v) is 1.57. The molecule has 3 amide bonds. The number of nitrogens with one attached hydrogen (secondary N) is 1. The van der Waals surface area contributed by atoms with E-state index >= 15 is 0 Å². The Balaban J connectivity index is 2.45. The van der Waals surface area contributed by atoms with Crippen LogP contribution in [0, 0.1) is 0 Å². The van der Waals surface area contributed by atoms with E-state index in [2.05, 4.69) is 4.98 Å². The van der Waals surface area contributed by atoms with Gasteiger partial charge in [0.15, 0.2) is 0 Å². The molecule has 0 unspecified atom stereocenters. The molecular formula is C10H11N3O4S. The van der Waals surface area contributed by atoms with Gasteiger partial charge in [-0.2, -0.15) is 0 Å². The number of hydrogen-bond donors (Lipinski definition) is 2. The van der Waals surface area contributed by atoms with Gasteiger partial charge >= 0.3 is 12.0 Å². The van der Waals surface area contributed by atoms with E-state index in [0.29, 0.717) is 11.8 Å². The highest BCUT2D eigenvalue weighted by atomic mass is 32.1. The zero-order valence-electron chi connectivity index (χ0n) is 9.49. The maximum absolute atomic E-state index is 11.5. The van der Waals surface area contributed by atoms with Gasteiger partial charge in [-0.3, -0.25) is 10.1 Å². The first kappa shape index (κ1) is 13.8. The summed E-state index contributed by atoms with van der Waals surface area (Å²) in [6.45, 7) is 0.269. The fourth-order valence-electron chi connectivity index (χ4n) is 1.02. The maximum Gasteiger partial charge on any atom is 0.328 e. The summed E-state index contributed by atoms with van der Waals surface area (Å²) in [4.78, 5) is 38.1. The molecule has 0 spiro atoms. The van der Waals surface area contributed by atoms with Crippen LogP contribution in [-0.2, 0) is 16.1 Å². The van der Waals surface area contributed by atoms with Crippen LogP contribution in [0.4, 0.5) is 4.79 Å². The molecule has 0 bridgehead atoms. The normalized spacial score (nSPS) is 10.3. The highest BCUT2D eigenvalue weighted by molar-refractivity contribution is 7.07. The van der Waals surface area contributed by atoms with Crippen molar-refractivity contribution in [1.29, 1.82) is 0 Å². The number of carbonyl (C=O) groups is 3.